The highest BCUT2D eigenvalue weighted by molar-refractivity contribution is 5.66. The van der Waals surface area contributed by atoms with Crippen LogP contribution in [0, 0.1) is 0 Å². The Bertz CT molecular complexity index is 893. The van der Waals surface area contributed by atoms with Crippen LogP contribution in [0.2, 0.25) is 0 Å². The quantitative estimate of drug-likeness (QED) is 0.582. The van der Waals surface area contributed by atoms with Gasteiger partial charge in [0, 0.05) is 63.3 Å². The Morgan fingerprint density at radius 2 is 1.86 bits per heavy atom. The Morgan fingerprint density at radius 3 is 2.66 bits per heavy atom. The number of para-hydroxylation sites is 1. The number of methoxy groups -OCH3 is 1. The van der Waals surface area contributed by atoms with Crippen molar-refractivity contribution in [3.05, 3.63) is 54.6 Å². The molecule has 4 rings (SSSR count). The van der Waals surface area contributed by atoms with Crippen molar-refractivity contribution in [3.63, 3.8) is 0 Å². The zero-order chi connectivity index (χ0) is 19.9. The molecular weight excluding hydrogens is 368 g/mol. The molecule has 1 fully saturated rings. The van der Waals surface area contributed by atoms with Crippen LogP contribution in [-0.4, -0.2) is 66.4 Å². The van der Waals surface area contributed by atoms with Crippen molar-refractivity contribution >= 4 is 5.95 Å². The first-order valence-corrected chi connectivity index (χ1v) is 9.87. The minimum absolute atomic E-state index is 0.653. The topological polar surface area (TPSA) is 79.5 Å². The van der Waals surface area contributed by atoms with Crippen molar-refractivity contribution in [1.82, 2.24) is 25.3 Å². The van der Waals surface area contributed by atoms with Gasteiger partial charge in [-0.15, -0.1) is 0 Å². The van der Waals surface area contributed by atoms with Gasteiger partial charge in [0.2, 0.25) is 5.95 Å². The van der Waals surface area contributed by atoms with Crippen molar-refractivity contribution in [2.24, 2.45) is 0 Å². The van der Waals surface area contributed by atoms with Crippen LogP contribution >= 0.6 is 0 Å². The lowest BCUT2D eigenvalue weighted by Gasteiger charge is -2.34. The van der Waals surface area contributed by atoms with E-state index in [0.717, 1.165) is 68.0 Å². The van der Waals surface area contributed by atoms with Crippen molar-refractivity contribution < 1.29 is 9.26 Å². The van der Waals surface area contributed by atoms with Gasteiger partial charge in [-0.05, 0) is 18.2 Å². The third-order valence-electron chi connectivity index (χ3n) is 5.05. The SMILES string of the molecule is COc1ccccc1-c1cc(CNCCN2CCN(c3ncccn3)CC2)on1. The van der Waals surface area contributed by atoms with Gasteiger partial charge in [0.15, 0.2) is 5.76 Å². The van der Waals surface area contributed by atoms with E-state index in [4.69, 9.17) is 9.26 Å². The molecule has 1 N–H and O–H groups in total. The Morgan fingerprint density at radius 1 is 1.07 bits per heavy atom. The Balaban J connectivity index is 1.19. The molecule has 0 unspecified atom stereocenters. The van der Waals surface area contributed by atoms with Crippen molar-refractivity contribution in [1.29, 1.82) is 0 Å². The van der Waals surface area contributed by atoms with E-state index in [1.54, 1.807) is 19.5 Å². The molecule has 8 heteroatoms. The van der Waals surface area contributed by atoms with Gasteiger partial charge in [-0.1, -0.05) is 17.3 Å². The first-order chi connectivity index (χ1) is 14.3. The van der Waals surface area contributed by atoms with E-state index in [1.807, 2.05) is 36.4 Å². The molecule has 1 aliphatic heterocycles. The monoisotopic (exact) mass is 394 g/mol. The zero-order valence-corrected chi connectivity index (χ0v) is 16.6. The van der Waals surface area contributed by atoms with Crippen LogP contribution in [-0.2, 0) is 6.54 Å². The molecular formula is C21H26N6O2. The smallest absolute Gasteiger partial charge is 0.225 e. The maximum absolute atomic E-state index is 5.47. The van der Waals surface area contributed by atoms with E-state index in [9.17, 15) is 0 Å². The van der Waals surface area contributed by atoms with Gasteiger partial charge in [0.25, 0.3) is 0 Å². The van der Waals surface area contributed by atoms with Crippen molar-refractivity contribution in [2.75, 3.05) is 51.3 Å². The number of ether oxygens (including phenoxy) is 1. The van der Waals surface area contributed by atoms with E-state index in [-0.39, 0.29) is 0 Å². The standard InChI is InChI=1S/C21H26N6O2/c1-28-20-6-3-2-5-18(20)19-15-17(29-25-19)16-22-9-10-26-11-13-27(14-12-26)21-23-7-4-8-24-21/h2-8,15,22H,9-14,16H2,1H3. The lowest BCUT2D eigenvalue weighted by atomic mass is 10.1. The summed E-state index contributed by atoms with van der Waals surface area (Å²) in [5.74, 6) is 2.43. The number of hydrogen-bond acceptors (Lipinski definition) is 8. The maximum atomic E-state index is 5.47. The predicted molar refractivity (Wildman–Crippen MR) is 111 cm³/mol. The van der Waals surface area contributed by atoms with Crippen molar-refractivity contribution in [3.8, 4) is 17.0 Å². The minimum Gasteiger partial charge on any atom is -0.496 e. The molecule has 0 atom stereocenters. The van der Waals surface area contributed by atoms with Crippen LogP contribution in [0.3, 0.4) is 0 Å². The highest BCUT2D eigenvalue weighted by atomic mass is 16.5. The third kappa shape index (κ3) is 4.90. The maximum Gasteiger partial charge on any atom is 0.225 e. The fourth-order valence-corrected chi connectivity index (χ4v) is 3.45. The molecule has 0 saturated carbocycles. The van der Waals surface area contributed by atoms with Crippen LogP contribution in [0.25, 0.3) is 11.3 Å². The molecule has 3 aromatic rings. The Labute approximate surface area is 170 Å². The number of anilines is 1. The highest BCUT2D eigenvalue weighted by Gasteiger charge is 2.18. The molecule has 0 amide bonds. The average Bonchev–Trinajstić information content (AvgIpc) is 3.26. The summed E-state index contributed by atoms with van der Waals surface area (Å²) in [4.78, 5) is 13.3. The van der Waals surface area contributed by atoms with E-state index >= 15 is 0 Å². The van der Waals surface area contributed by atoms with E-state index in [0.29, 0.717) is 6.54 Å². The molecule has 8 nitrogen and oxygen atoms in total. The van der Waals surface area contributed by atoms with Gasteiger partial charge in [-0.2, -0.15) is 0 Å². The summed E-state index contributed by atoms with van der Waals surface area (Å²) in [7, 11) is 1.66. The number of nitrogens with zero attached hydrogens (tertiary/aromatic N) is 5. The fraction of sp³-hybridized carbons (Fsp3) is 0.381. The number of benzene rings is 1. The molecule has 1 saturated heterocycles. The summed E-state index contributed by atoms with van der Waals surface area (Å²) in [6.07, 6.45) is 3.59. The first-order valence-electron chi connectivity index (χ1n) is 9.87. The van der Waals surface area contributed by atoms with Gasteiger partial charge < -0.3 is 19.5 Å². The second-order valence-electron chi connectivity index (χ2n) is 6.93. The number of rotatable bonds is 8. The second-order valence-corrected chi connectivity index (χ2v) is 6.93. The van der Waals surface area contributed by atoms with E-state index in [1.165, 1.54) is 0 Å². The van der Waals surface area contributed by atoms with Gasteiger partial charge >= 0.3 is 0 Å². The summed E-state index contributed by atoms with van der Waals surface area (Å²) >= 11 is 0. The van der Waals surface area contributed by atoms with Gasteiger partial charge in [-0.3, -0.25) is 4.90 Å². The number of piperazine rings is 1. The number of aromatic nitrogens is 3. The van der Waals surface area contributed by atoms with E-state index in [2.05, 4.69) is 30.2 Å². The number of hydrogen-bond donors (Lipinski definition) is 1. The fourth-order valence-electron chi connectivity index (χ4n) is 3.45. The van der Waals surface area contributed by atoms with Gasteiger partial charge in [0.1, 0.15) is 11.4 Å². The lowest BCUT2D eigenvalue weighted by Crippen LogP contribution is -2.48. The van der Waals surface area contributed by atoms with Crippen LogP contribution in [0.15, 0.2) is 53.3 Å². The van der Waals surface area contributed by atoms with Gasteiger partial charge in [-0.25, -0.2) is 9.97 Å². The molecule has 0 aliphatic carbocycles. The third-order valence-corrected chi connectivity index (χ3v) is 5.05. The minimum atomic E-state index is 0.653. The van der Waals surface area contributed by atoms with Gasteiger partial charge in [0.05, 0.1) is 13.7 Å². The molecule has 0 bridgehead atoms. The average molecular weight is 394 g/mol. The number of nitrogens with one attached hydrogen (secondary N) is 1. The molecule has 1 aromatic carbocycles. The van der Waals surface area contributed by atoms with Crippen LogP contribution in [0.4, 0.5) is 5.95 Å². The normalized spacial score (nSPS) is 14.9. The zero-order valence-electron chi connectivity index (χ0n) is 16.6. The molecule has 0 spiro atoms. The molecule has 1 aliphatic rings. The Kier molecular flexibility index (Phi) is 6.33. The van der Waals surface area contributed by atoms with E-state index < -0.39 is 0 Å². The van der Waals surface area contributed by atoms with Crippen LogP contribution in [0.5, 0.6) is 5.75 Å². The summed E-state index contributed by atoms with van der Waals surface area (Å²) in [5.41, 5.74) is 1.73. The molecule has 29 heavy (non-hydrogen) atoms. The largest absolute Gasteiger partial charge is 0.496 e. The van der Waals surface area contributed by atoms with Crippen LogP contribution in [0.1, 0.15) is 5.76 Å². The summed E-state index contributed by atoms with van der Waals surface area (Å²) in [6, 6.07) is 11.6. The predicted octanol–water partition coefficient (Wildman–Crippen LogP) is 2.05. The molecule has 0 radical (unpaired) electrons. The lowest BCUT2D eigenvalue weighted by molar-refractivity contribution is 0.254. The highest BCUT2D eigenvalue weighted by Crippen LogP contribution is 2.28. The van der Waals surface area contributed by atoms with Crippen LogP contribution < -0.4 is 15.0 Å². The summed E-state index contributed by atoms with van der Waals surface area (Å²) < 4.78 is 10.9. The molecule has 152 valence electrons. The second kappa shape index (κ2) is 9.49. The first kappa shape index (κ1) is 19.4. The Hall–Kier alpha value is -2.97. The summed E-state index contributed by atoms with van der Waals surface area (Å²) in [6.45, 7) is 6.48. The molecule has 2 aromatic heterocycles. The molecule has 3 heterocycles. The van der Waals surface area contributed by atoms with Crippen molar-refractivity contribution in [2.45, 2.75) is 6.54 Å². The summed E-state index contributed by atoms with van der Waals surface area (Å²) in [5, 5.41) is 7.62.